The second-order valence-electron chi connectivity index (χ2n) is 8.08. The van der Waals surface area contributed by atoms with Gasteiger partial charge < -0.3 is 24.8 Å². The van der Waals surface area contributed by atoms with Crippen LogP contribution in [0.2, 0.25) is 0 Å². The van der Waals surface area contributed by atoms with Crippen molar-refractivity contribution in [1.82, 2.24) is 0 Å². The van der Waals surface area contributed by atoms with Crippen LogP contribution in [-0.2, 0) is 9.47 Å². The highest BCUT2D eigenvalue weighted by Crippen LogP contribution is 2.18. The fourth-order valence-corrected chi connectivity index (χ4v) is 3.54. The van der Waals surface area contributed by atoms with E-state index in [-0.39, 0.29) is 13.2 Å². The zero-order valence-corrected chi connectivity index (χ0v) is 17.9. The van der Waals surface area contributed by atoms with Gasteiger partial charge >= 0.3 is 0 Å². The maximum atomic E-state index is 9.93. The SMILES string of the molecule is CCCCCCCCC/C=C/CCCCCCOC[C@@H](O)[C@@H]1OC[C@H](O)[C@@H]1O. The van der Waals surface area contributed by atoms with Gasteiger partial charge in [-0.3, -0.25) is 0 Å². The van der Waals surface area contributed by atoms with Crippen molar-refractivity contribution < 1.29 is 24.8 Å². The van der Waals surface area contributed by atoms with Crippen LogP contribution in [0.5, 0.6) is 0 Å². The van der Waals surface area contributed by atoms with Crippen LogP contribution in [0, 0.1) is 0 Å². The van der Waals surface area contributed by atoms with E-state index in [1.165, 1.54) is 64.2 Å². The van der Waals surface area contributed by atoms with Crippen molar-refractivity contribution >= 4 is 0 Å². The molecule has 1 aliphatic heterocycles. The first-order valence-corrected chi connectivity index (χ1v) is 11.5. The van der Waals surface area contributed by atoms with E-state index in [1.807, 2.05) is 0 Å². The summed E-state index contributed by atoms with van der Waals surface area (Å²) in [5.41, 5.74) is 0. The zero-order valence-electron chi connectivity index (χ0n) is 17.9. The lowest BCUT2D eigenvalue weighted by Crippen LogP contribution is -2.40. The second kappa shape index (κ2) is 17.4. The van der Waals surface area contributed by atoms with Gasteiger partial charge in [-0.05, 0) is 32.1 Å². The first-order valence-electron chi connectivity index (χ1n) is 11.5. The average molecular weight is 401 g/mol. The van der Waals surface area contributed by atoms with Gasteiger partial charge in [-0.25, -0.2) is 0 Å². The number of hydrogen-bond donors (Lipinski definition) is 3. The molecule has 0 spiro atoms. The summed E-state index contributed by atoms with van der Waals surface area (Å²) in [6.45, 7) is 3.07. The van der Waals surface area contributed by atoms with Crippen molar-refractivity contribution in [2.45, 2.75) is 115 Å². The number of rotatable bonds is 18. The van der Waals surface area contributed by atoms with E-state index in [2.05, 4.69) is 19.1 Å². The van der Waals surface area contributed by atoms with Crippen molar-refractivity contribution in [3.63, 3.8) is 0 Å². The summed E-state index contributed by atoms with van der Waals surface area (Å²) in [6, 6.07) is 0. The quantitative estimate of drug-likeness (QED) is 0.238. The summed E-state index contributed by atoms with van der Waals surface area (Å²) in [7, 11) is 0. The molecule has 1 aliphatic rings. The molecular formula is C23H44O5. The predicted octanol–water partition coefficient (Wildman–Crippen LogP) is 4.13. The summed E-state index contributed by atoms with van der Waals surface area (Å²) >= 11 is 0. The molecule has 1 fully saturated rings. The van der Waals surface area contributed by atoms with Crippen LogP contribution in [0.15, 0.2) is 12.2 Å². The summed E-state index contributed by atoms with van der Waals surface area (Å²) in [5.74, 6) is 0. The van der Waals surface area contributed by atoms with Gasteiger partial charge in [0.05, 0.1) is 13.2 Å². The summed E-state index contributed by atoms with van der Waals surface area (Å²) < 4.78 is 10.7. The Hall–Kier alpha value is -0.460. The Balaban J connectivity index is 1.80. The van der Waals surface area contributed by atoms with Gasteiger partial charge in [0.2, 0.25) is 0 Å². The van der Waals surface area contributed by atoms with Gasteiger partial charge in [0.25, 0.3) is 0 Å². The minimum atomic E-state index is -1.03. The third kappa shape index (κ3) is 12.2. The van der Waals surface area contributed by atoms with Gasteiger partial charge in [0, 0.05) is 6.61 Å². The molecular weight excluding hydrogens is 356 g/mol. The average Bonchev–Trinajstić information content (AvgIpc) is 3.03. The lowest BCUT2D eigenvalue weighted by atomic mass is 10.1. The lowest BCUT2D eigenvalue weighted by Gasteiger charge is -2.20. The Morgan fingerprint density at radius 2 is 1.46 bits per heavy atom. The van der Waals surface area contributed by atoms with Crippen LogP contribution >= 0.6 is 0 Å². The Labute approximate surface area is 172 Å². The molecule has 0 aliphatic carbocycles. The molecule has 28 heavy (non-hydrogen) atoms. The lowest BCUT2D eigenvalue weighted by molar-refractivity contribution is -0.0813. The van der Waals surface area contributed by atoms with E-state index in [4.69, 9.17) is 9.47 Å². The van der Waals surface area contributed by atoms with Gasteiger partial charge in [-0.15, -0.1) is 0 Å². The van der Waals surface area contributed by atoms with Gasteiger partial charge in [-0.1, -0.05) is 70.4 Å². The molecule has 0 aromatic heterocycles. The third-order valence-electron chi connectivity index (χ3n) is 5.41. The predicted molar refractivity (Wildman–Crippen MR) is 113 cm³/mol. The largest absolute Gasteiger partial charge is 0.388 e. The minimum absolute atomic E-state index is 0.0659. The number of aliphatic hydroxyl groups excluding tert-OH is 3. The van der Waals surface area contributed by atoms with E-state index < -0.39 is 24.4 Å². The van der Waals surface area contributed by atoms with Crippen molar-refractivity contribution in [3.8, 4) is 0 Å². The number of ether oxygens (including phenoxy) is 2. The Kier molecular flexibility index (Phi) is 15.9. The molecule has 1 heterocycles. The molecule has 0 unspecified atom stereocenters. The smallest absolute Gasteiger partial charge is 0.114 e. The molecule has 0 saturated carbocycles. The highest BCUT2D eigenvalue weighted by atomic mass is 16.5. The van der Waals surface area contributed by atoms with Crippen LogP contribution in [0.1, 0.15) is 90.4 Å². The van der Waals surface area contributed by atoms with Crippen LogP contribution in [-0.4, -0.2) is 59.6 Å². The van der Waals surface area contributed by atoms with Crippen molar-refractivity contribution in [2.24, 2.45) is 0 Å². The molecule has 3 N–H and O–H groups in total. The number of aliphatic hydroxyl groups is 3. The van der Waals surface area contributed by atoms with Crippen LogP contribution in [0.4, 0.5) is 0 Å². The van der Waals surface area contributed by atoms with Crippen molar-refractivity contribution in [1.29, 1.82) is 0 Å². The molecule has 0 bridgehead atoms. The summed E-state index contributed by atoms with van der Waals surface area (Å²) in [4.78, 5) is 0. The molecule has 1 saturated heterocycles. The molecule has 0 aromatic rings. The Morgan fingerprint density at radius 1 is 0.893 bits per heavy atom. The Bertz CT molecular complexity index is 374. The van der Waals surface area contributed by atoms with Crippen LogP contribution in [0.3, 0.4) is 0 Å². The van der Waals surface area contributed by atoms with Crippen molar-refractivity contribution in [2.75, 3.05) is 19.8 Å². The number of unbranched alkanes of at least 4 members (excludes halogenated alkanes) is 11. The molecule has 5 heteroatoms. The van der Waals surface area contributed by atoms with E-state index in [0.29, 0.717) is 6.61 Å². The molecule has 0 aromatic carbocycles. The van der Waals surface area contributed by atoms with Crippen molar-refractivity contribution in [3.05, 3.63) is 12.2 Å². The topological polar surface area (TPSA) is 79.2 Å². The molecule has 5 nitrogen and oxygen atoms in total. The highest BCUT2D eigenvalue weighted by Gasteiger charge is 2.39. The summed E-state index contributed by atoms with van der Waals surface area (Å²) in [5, 5.41) is 29.0. The van der Waals surface area contributed by atoms with Gasteiger partial charge in [0.15, 0.2) is 0 Å². The summed E-state index contributed by atoms with van der Waals surface area (Å²) in [6.07, 6.45) is 17.6. The molecule has 4 atom stereocenters. The fraction of sp³-hybridized carbons (Fsp3) is 0.913. The minimum Gasteiger partial charge on any atom is -0.388 e. The zero-order chi connectivity index (χ0) is 20.5. The Morgan fingerprint density at radius 3 is 2.04 bits per heavy atom. The number of hydrogen-bond acceptors (Lipinski definition) is 5. The van der Waals surface area contributed by atoms with E-state index >= 15 is 0 Å². The molecule has 0 radical (unpaired) electrons. The first kappa shape index (κ1) is 25.6. The normalized spacial score (nSPS) is 23.6. The van der Waals surface area contributed by atoms with Gasteiger partial charge in [0.1, 0.15) is 24.4 Å². The molecule has 1 rings (SSSR count). The maximum absolute atomic E-state index is 9.93. The molecule has 166 valence electrons. The first-order chi connectivity index (χ1) is 13.7. The van der Waals surface area contributed by atoms with Gasteiger partial charge in [-0.2, -0.15) is 0 Å². The van der Waals surface area contributed by atoms with E-state index in [9.17, 15) is 15.3 Å². The second-order valence-corrected chi connectivity index (χ2v) is 8.08. The monoisotopic (exact) mass is 400 g/mol. The van der Waals surface area contributed by atoms with Crippen LogP contribution in [0.25, 0.3) is 0 Å². The van der Waals surface area contributed by atoms with E-state index in [0.717, 1.165) is 19.3 Å². The van der Waals surface area contributed by atoms with E-state index in [1.54, 1.807) is 0 Å². The molecule has 0 amide bonds. The standard InChI is InChI=1S/C23H44O5/c1-2-3-4-5-6-7-8-9-10-11-12-13-14-15-16-17-27-18-21(25)23-22(26)20(24)19-28-23/h10-11,20-26H,2-9,12-19H2,1H3/b11-10+/t20-,21+,22-,23-/m0/s1. The fourth-order valence-electron chi connectivity index (χ4n) is 3.54. The highest BCUT2D eigenvalue weighted by molar-refractivity contribution is 4.87. The number of allylic oxidation sites excluding steroid dienone is 2. The van der Waals surface area contributed by atoms with Crippen LogP contribution < -0.4 is 0 Å². The third-order valence-corrected chi connectivity index (χ3v) is 5.41. The maximum Gasteiger partial charge on any atom is 0.114 e.